The fraction of sp³-hybridized carbons (Fsp3) is 0.296. The molecule has 1 fully saturated rings. The summed E-state index contributed by atoms with van der Waals surface area (Å²) in [6, 6.07) is 18.1. The second-order valence-electron chi connectivity index (χ2n) is 8.57. The van der Waals surface area contributed by atoms with Crippen molar-refractivity contribution < 1.29 is 19.1 Å². The van der Waals surface area contributed by atoms with Gasteiger partial charge in [-0.2, -0.15) is 0 Å². The molecular weight excluding hydrogens is 430 g/mol. The van der Waals surface area contributed by atoms with Crippen LogP contribution in [0.5, 0.6) is 5.75 Å². The van der Waals surface area contributed by atoms with E-state index < -0.39 is 12.1 Å². The summed E-state index contributed by atoms with van der Waals surface area (Å²) in [5, 5.41) is 2.71. The Morgan fingerprint density at radius 3 is 2.38 bits per heavy atom. The van der Waals surface area contributed by atoms with Crippen LogP contribution >= 0.6 is 0 Å². The van der Waals surface area contributed by atoms with Crippen molar-refractivity contribution in [1.29, 1.82) is 0 Å². The fourth-order valence-electron chi connectivity index (χ4n) is 4.40. The number of urea groups is 1. The van der Waals surface area contributed by atoms with Gasteiger partial charge in [0, 0.05) is 29.9 Å². The monoisotopic (exact) mass is 459 g/mol. The van der Waals surface area contributed by atoms with E-state index in [-0.39, 0.29) is 18.2 Å². The van der Waals surface area contributed by atoms with Crippen LogP contribution in [0.25, 0.3) is 0 Å². The Balaban J connectivity index is 1.41. The van der Waals surface area contributed by atoms with Gasteiger partial charge in [0.25, 0.3) is 5.91 Å². The first-order valence-corrected chi connectivity index (χ1v) is 11.4. The smallest absolute Gasteiger partial charge is 0.325 e. The Morgan fingerprint density at radius 1 is 1.00 bits per heavy atom. The lowest BCUT2D eigenvalue weighted by Crippen LogP contribution is -2.36. The van der Waals surface area contributed by atoms with Crippen molar-refractivity contribution in [3.8, 4) is 5.75 Å². The molecule has 1 aromatic heterocycles. The Kier molecular flexibility index (Phi) is 6.82. The highest BCUT2D eigenvalue weighted by molar-refractivity contribution is 6.09. The molecule has 1 unspecified atom stereocenters. The minimum Gasteiger partial charge on any atom is -0.497 e. The van der Waals surface area contributed by atoms with E-state index in [1.807, 2.05) is 74.5 Å². The van der Waals surface area contributed by atoms with Crippen molar-refractivity contribution >= 4 is 17.7 Å². The summed E-state index contributed by atoms with van der Waals surface area (Å²) in [6.07, 6.45) is 1.21. The molecule has 0 bridgehead atoms. The molecule has 1 aliphatic rings. The number of hydrogen-bond acceptors (Lipinski definition) is 4. The first-order chi connectivity index (χ1) is 16.4. The minimum absolute atomic E-state index is 0.243. The molecule has 34 heavy (non-hydrogen) atoms. The van der Waals surface area contributed by atoms with E-state index in [0.29, 0.717) is 12.0 Å². The van der Waals surface area contributed by atoms with Gasteiger partial charge in [0.05, 0.1) is 13.7 Å². The molecule has 7 nitrogen and oxygen atoms in total. The molecule has 7 heteroatoms. The predicted octanol–water partition coefficient (Wildman–Crippen LogP) is 3.70. The summed E-state index contributed by atoms with van der Waals surface area (Å²) in [4.78, 5) is 39.4. The molecule has 2 heterocycles. The second kappa shape index (κ2) is 9.95. The lowest BCUT2D eigenvalue weighted by Gasteiger charge is -2.13. The fourth-order valence-corrected chi connectivity index (χ4v) is 4.40. The van der Waals surface area contributed by atoms with Gasteiger partial charge in [-0.3, -0.25) is 14.5 Å². The first-order valence-electron chi connectivity index (χ1n) is 11.4. The second-order valence-corrected chi connectivity index (χ2v) is 8.57. The van der Waals surface area contributed by atoms with Gasteiger partial charge in [0.2, 0.25) is 0 Å². The maximum absolute atomic E-state index is 13.1. The van der Waals surface area contributed by atoms with Crippen LogP contribution in [0.4, 0.5) is 4.79 Å². The number of carbonyl (C=O) groups is 3. The summed E-state index contributed by atoms with van der Waals surface area (Å²) >= 11 is 0. The predicted molar refractivity (Wildman–Crippen MR) is 129 cm³/mol. The number of imide groups is 1. The van der Waals surface area contributed by atoms with Gasteiger partial charge in [0.1, 0.15) is 11.8 Å². The SMILES string of the molecule is COc1ccc(CCn2c(C)cc(C(=O)CN3C(=O)NC(Cc4ccccc4)C3=O)c2C)cc1. The van der Waals surface area contributed by atoms with E-state index in [1.165, 1.54) is 5.56 Å². The minimum atomic E-state index is -0.653. The summed E-state index contributed by atoms with van der Waals surface area (Å²) < 4.78 is 7.31. The van der Waals surface area contributed by atoms with Gasteiger partial charge in [-0.1, -0.05) is 42.5 Å². The normalized spacial score (nSPS) is 15.5. The number of nitrogens with one attached hydrogen (secondary N) is 1. The van der Waals surface area contributed by atoms with Crippen LogP contribution in [0.3, 0.4) is 0 Å². The molecule has 0 aliphatic carbocycles. The number of hydrogen-bond donors (Lipinski definition) is 1. The molecule has 0 saturated carbocycles. The highest BCUT2D eigenvalue weighted by atomic mass is 16.5. The van der Waals surface area contributed by atoms with Crippen molar-refractivity contribution in [2.45, 2.75) is 39.3 Å². The number of rotatable bonds is 9. The van der Waals surface area contributed by atoms with E-state index in [9.17, 15) is 14.4 Å². The molecule has 2 aromatic carbocycles. The van der Waals surface area contributed by atoms with Gasteiger partial charge >= 0.3 is 6.03 Å². The Bertz CT molecular complexity index is 1200. The number of carbonyl (C=O) groups excluding carboxylic acids is 3. The van der Waals surface area contributed by atoms with Crippen LogP contribution in [0.1, 0.15) is 32.9 Å². The van der Waals surface area contributed by atoms with Crippen LogP contribution in [-0.2, 0) is 24.2 Å². The molecule has 0 spiro atoms. The molecule has 176 valence electrons. The molecular formula is C27H29N3O4. The molecule has 3 aromatic rings. The van der Waals surface area contributed by atoms with E-state index >= 15 is 0 Å². The Morgan fingerprint density at radius 2 is 1.71 bits per heavy atom. The van der Waals surface area contributed by atoms with Gasteiger partial charge in [-0.05, 0) is 49.6 Å². The van der Waals surface area contributed by atoms with Gasteiger partial charge < -0.3 is 14.6 Å². The largest absolute Gasteiger partial charge is 0.497 e. The number of ether oxygens (including phenoxy) is 1. The van der Waals surface area contributed by atoms with Crippen molar-refractivity contribution in [2.24, 2.45) is 0 Å². The summed E-state index contributed by atoms with van der Waals surface area (Å²) in [6.45, 7) is 4.32. The summed E-state index contributed by atoms with van der Waals surface area (Å²) in [5.74, 6) is 0.208. The zero-order valence-electron chi connectivity index (χ0n) is 19.7. The lowest BCUT2D eigenvalue weighted by atomic mass is 10.1. The number of amides is 3. The zero-order valence-corrected chi connectivity index (χ0v) is 19.7. The Labute approximate surface area is 199 Å². The molecule has 3 amide bonds. The van der Waals surface area contributed by atoms with Gasteiger partial charge in [-0.15, -0.1) is 0 Å². The first kappa shape index (κ1) is 23.3. The van der Waals surface area contributed by atoms with E-state index in [2.05, 4.69) is 9.88 Å². The van der Waals surface area contributed by atoms with Crippen LogP contribution < -0.4 is 10.1 Å². The van der Waals surface area contributed by atoms with E-state index in [1.54, 1.807) is 7.11 Å². The molecule has 1 N–H and O–H groups in total. The Hall–Kier alpha value is -3.87. The van der Waals surface area contributed by atoms with Crippen LogP contribution in [0.2, 0.25) is 0 Å². The maximum atomic E-state index is 13.1. The van der Waals surface area contributed by atoms with Crippen molar-refractivity contribution in [3.63, 3.8) is 0 Å². The number of nitrogens with zero attached hydrogens (tertiary/aromatic N) is 2. The summed E-state index contributed by atoms with van der Waals surface area (Å²) in [7, 11) is 1.64. The number of aromatic nitrogens is 1. The number of benzene rings is 2. The third kappa shape index (κ3) is 4.88. The number of methoxy groups -OCH3 is 1. The van der Waals surface area contributed by atoms with Crippen molar-refractivity contribution in [1.82, 2.24) is 14.8 Å². The molecule has 1 atom stereocenters. The zero-order chi connectivity index (χ0) is 24.2. The number of Topliss-reactive ketones (excluding diaryl/α,β-unsaturated/α-hetero) is 1. The summed E-state index contributed by atoms with van der Waals surface area (Å²) in [5.41, 5.74) is 4.47. The van der Waals surface area contributed by atoms with Crippen LogP contribution in [-0.4, -0.2) is 46.9 Å². The van der Waals surface area contributed by atoms with E-state index in [4.69, 9.17) is 4.74 Å². The standard InChI is InChI=1S/C27H29N3O4/c1-18-15-23(19(2)29(18)14-13-20-9-11-22(34-3)12-10-20)25(31)17-30-26(32)24(28-27(30)33)16-21-7-5-4-6-8-21/h4-12,15,24H,13-14,16-17H2,1-3H3,(H,28,33). The van der Waals surface area contributed by atoms with E-state index in [0.717, 1.165) is 40.6 Å². The highest BCUT2D eigenvalue weighted by Crippen LogP contribution is 2.20. The maximum Gasteiger partial charge on any atom is 0.325 e. The molecule has 4 rings (SSSR count). The topological polar surface area (TPSA) is 80.6 Å². The quantitative estimate of drug-likeness (QED) is 0.391. The average Bonchev–Trinajstić information content (AvgIpc) is 3.27. The lowest BCUT2D eigenvalue weighted by molar-refractivity contribution is -0.127. The van der Waals surface area contributed by atoms with Gasteiger partial charge in [-0.25, -0.2) is 4.79 Å². The average molecular weight is 460 g/mol. The van der Waals surface area contributed by atoms with Crippen LogP contribution in [0, 0.1) is 13.8 Å². The third-order valence-corrected chi connectivity index (χ3v) is 6.35. The highest BCUT2D eigenvalue weighted by Gasteiger charge is 2.39. The molecule has 1 aliphatic heterocycles. The van der Waals surface area contributed by atoms with Crippen molar-refractivity contribution in [3.05, 3.63) is 88.7 Å². The number of ketones is 1. The van der Waals surface area contributed by atoms with Crippen molar-refractivity contribution in [2.75, 3.05) is 13.7 Å². The number of aryl methyl sites for hydroxylation is 2. The molecule has 0 radical (unpaired) electrons. The molecule has 1 saturated heterocycles. The third-order valence-electron chi connectivity index (χ3n) is 6.35. The van der Waals surface area contributed by atoms with Gasteiger partial charge in [0.15, 0.2) is 5.78 Å². The van der Waals surface area contributed by atoms with Crippen LogP contribution in [0.15, 0.2) is 60.7 Å².